The zero-order chi connectivity index (χ0) is 23.7. The van der Waals surface area contributed by atoms with Crippen molar-refractivity contribution >= 4 is 56.5 Å². The van der Waals surface area contributed by atoms with Crippen molar-refractivity contribution in [3.8, 4) is 11.3 Å². The largest absolute Gasteiger partial charge is 0.370 e. The number of fused-ring (bicyclic) bond motifs is 1. The van der Waals surface area contributed by atoms with Crippen LogP contribution in [0.5, 0.6) is 0 Å². The molecule has 1 aliphatic rings. The van der Waals surface area contributed by atoms with Gasteiger partial charge in [0.2, 0.25) is 0 Å². The normalized spacial score (nSPS) is 16.1. The molecule has 4 aromatic rings. The van der Waals surface area contributed by atoms with Crippen LogP contribution in [0.25, 0.3) is 16.9 Å². The first-order valence-electron chi connectivity index (χ1n) is 11.1. The molecule has 1 saturated heterocycles. The van der Waals surface area contributed by atoms with E-state index in [2.05, 4.69) is 26.3 Å². The zero-order valence-corrected chi connectivity index (χ0v) is 21.3. The zero-order valence-electron chi connectivity index (χ0n) is 18.2. The third-order valence-electron chi connectivity index (χ3n) is 6.03. The third-order valence-corrected chi connectivity index (χ3v) is 7.15. The number of anilines is 1. The van der Waals surface area contributed by atoms with Crippen molar-refractivity contribution in [1.82, 2.24) is 19.5 Å². The van der Waals surface area contributed by atoms with Crippen LogP contribution in [0.15, 0.2) is 65.3 Å². The summed E-state index contributed by atoms with van der Waals surface area (Å²) in [6.45, 7) is 2.15. The summed E-state index contributed by atoms with van der Waals surface area (Å²) >= 11 is 16.1. The van der Waals surface area contributed by atoms with Gasteiger partial charge in [0.15, 0.2) is 5.65 Å². The first-order chi connectivity index (χ1) is 16.5. The lowest BCUT2D eigenvalue weighted by Crippen LogP contribution is -2.41. The third kappa shape index (κ3) is 4.78. The SMILES string of the molecule is O=C(c1cccc(Cl)c1)N1CCCC(CNc2cc(-c3ccccc3Cl)nc3c(Br)cnn23)C1. The second-order valence-corrected chi connectivity index (χ2v) is 10.1. The van der Waals surface area contributed by atoms with Crippen LogP contribution >= 0.6 is 39.1 Å². The molecule has 1 aliphatic heterocycles. The first kappa shape index (κ1) is 23.1. The number of rotatable bonds is 5. The summed E-state index contributed by atoms with van der Waals surface area (Å²) in [6, 6.07) is 16.8. The highest BCUT2D eigenvalue weighted by Gasteiger charge is 2.25. The van der Waals surface area contributed by atoms with Gasteiger partial charge in [-0.05, 0) is 59.0 Å². The minimum absolute atomic E-state index is 0.0236. The Labute approximate surface area is 216 Å². The quantitative estimate of drug-likeness (QED) is 0.306. The van der Waals surface area contributed by atoms with Crippen LogP contribution in [-0.2, 0) is 0 Å². The number of hydrogen-bond donors (Lipinski definition) is 1. The lowest BCUT2D eigenvalue weighted by atomic mass is 9.97. The fourth-order valence-corrected chi connectivity index (χ4v) is 5.11. The van der Waals surface area contributed by atoms with E-state index in [4.69, 9.17) is 28.2 Å². The number of piperidine rings is 1. The topological polar surface area (TPSA) is 62.5 Å². The molecule has 3 heterocycles. The average molecular weight is 559 g/mol. The summed E-state index contributed by atoms with van der Waals surface area (Å²) in [4.78, 5) is 19.7. The van der Waals surface area contributed by atoms with Crippen LogP contribution < -0.4 is 5.32 Å². The fraction of sp³-hybridized carbons (Fsp3) is 0.240. The Morgan fingerprint density at radius 1 is 1.15 bits per heavy atom. The molecule has 9 heteroatoms. The minimum Gasteiger partial charge on any atom is -0.370 e. The van der Waals surface area contributed by atoms with Gasteiger partial charge in [-0.15, -0.1) is 0 Å². The monoisotopic (exact) mass is 557 g/mol. The Morgan fingerprint density at radius 3 is 2.82 bits per heavy atom. The van der Waals surface area contributed by atoms with Gasteiger partial charge in [-0.3, -0.25) is 4.79 Å². The minimum atomic E-state index is 0.0236. The number of nitrogens with one attached hydrogen (secondary N) is 1. The molecule has 1 N–H and O–H groups in total. The molecule has 0 bridgehead atoms. The van der Waals surface area contributed by atoms with Crippen LogP contribution in [0.3, 0.4) is 0 Å². The number of halogens is 3. The Kier molecular flexibility index (Phi) is 6.77. The maximum atomic E-state index is 13.0. The summed E-state index contributed by atoms with van der Waals surface area (Å²) < 4.78 is 2.59. The smallest absolute Gasteiger partial charge is 0.253 e. The van der Waals surface area contributed by atoms with E-state index in [0.29, 0.717) is 40.3 Å². The van der Waals surface area contributed by atoms with E-state index < -0.39 is 0 Å². The maximum Gasteiger partial charge on any atom is 0.253 e. The number of amides is 1. The van der Waals surface area contributed by atoms with Gasteiger partial charge < -0.3 is 10.2 Å². The van der Waals surface area contributed by atoms with E-state index in [1.807, 2.05) is 47.4 Å². The highest BCUT2D eigenvalue weighted by molar-refractivity contribution is 9.10. The molecule has 2 aromatic carbocycles. The van der Waals surface area contributed by atoms with Gasteiger partial charge >= 0.3 is 0 Å². The van der Waals surface area contributed by atoms with Crippen LogP contribution in [0.2, 0.25) is 10.0 Å². The average Bonchev–Trinajstić information content (AvgIpc) is 3.23. The highest BCUT2D eigenvalue weighted by Crippen LogP contribution is 2.30. The Balaban J connectivity index is 1.35. The first-order valence-corrected chi connectivity index (χ1v) is 12.6. The van der Waals surface area contributed by atoms with Crippen molar-refractivity contribution in [2.45, 2.75) is 12.8 Å². The van der Waals surface area contributed by atoms with Crippen LogP contribution in [0, 0.1) is 5.92 Å². The van der Waals surface area contributed by atoms with Crippen LogP contribution in [-0.4, -0.2) is 45.0 Å². The summed E-state index contributed by atoms with van der Waals surface area (Å²) in [5.74, 6) is 1.15. The predicted octanol–water partition coefficient (Wildman–Crippen LogP) is 6.43. The molecule has 5 rings (SSSR count). The van der Waals surface area contributed by atoms with E-state index in [1.54, 1.807) is 22.8 Å². The summed E-state index contributed by atoms with van der Waals surface area (Å²) in [7, 11) is 0. The van der Waals surface area contributed by atoms with E-state index in [1.165, 1.54) is 0 Å². The molecule has 34 heavy (non-hydrogen) atoms. The predicted molar refractivity (Wildman–Crippen MR) is 140 cm³/mol. The number of carbonyl (C=O) groups is 1. The Morgan fingerprint density at radius 2 is 2.00 bits per heavy atom. The van der Waals surface area contributed by atoms with Crippen molar-refractivity contribution in [3.05, 3.63) is 80.9 Å². The number of hydrogen-bond acceptors (Lipinski definition) is 4. The van der Waals surface area contributed by atoms with Crippen molar-refractivity contribution in [2.24, 2.45) is 5.92 Å². The number of benzene rings is 2. The molecular formula is C25H22BrCl2N5O. The molecule has 174 valence electrons. The molecule has 1 amide bonds. The van der Waals surface area contributed by atoms with Gasteiger partial charge in [0, 0.05) is 46.9 Å². The molecule has 1 atom stereocenters. The molecule has 0 saturated carbocycles. The van der Waals surface area contributed by atoms with E-state index in [9.17, 15) is 4.79 Å². The lowest BCUT2D eigenvalue weighted by Gasteiger charge is -2.33. The molecule has 0 radical (unpaired) electrons. The second kappa shape index (κ2) is 9.94. The van der Waals surface area contributed by atoms with Gasteiger partial charge in [-0.2, -0.15) is 9.61 Å². The van der Waals surface area contributed by atoms with Gasteiger partial charge in [0.25, 0.3) is 5.91 Å². The molecule has 0 aliphatic carbocycles. The molecule has 2 aromatic heterocycles. The number of nitrogens with zero attached hydrogens (tertiary/aromatic N) is 4. The van der Waals surface area contributed by atoms with Crippen LogP contribution in [0.4, 0.5) is 5.82 Å². The summed E-state index contributed by atoms with van der Waals surface area (Å²) in [6.07, 6.45) is 3.74. The lowest BCUT2D eigenvalue weighted by molar-refractivity contribution is 0.0680. The van der Waals surface area contributed by atoms with E-state index in [0.717, 1.165) is 40.9 Å². The van der Waals surface area contributed by atoms with E-state index in [-0.39, 0.29) is 5.91 Å². The van der Waals surface area contributed by atoms with E-state index >= 15 is 0 Å². The number of aromatic nitrogens is 3. The number of likely N-dealkylation sites (tertiary alicyclic amines) is 1. The summed E-state index contributed by atoms with van der Waals surface area (Å²) in [5.41, 5.74) is 2.96. The standard InChI is InChI=1S/C25H22BrCl2N5O/c26-20-14-30-33-23(12-22(31-24(20)33)19-8-1-2-9-21(19)28)29-13-16-5-4-10-32(15-16)25(34)17-6-3-7-18(27)11-17/h1-3,6-9,11-12,14,16,29H,4-5,10,13,15H2. The number of carbonyl (C=O) groups excluding carboxylic acids is 1. The Bertz CT molecular complexity index is 1360. The van der Waals surface area contributed by atoms with Crippen molar-refractivity contribution < 1.29 is 4.79 Å². The summed E-state index contributed by atoms with van der Waals surface area (Å²) in [5, 5.41) is 9.22. The van der Waals surface area contributed by atoms with Crippen molar-refractivity contribution in [2.75, 3.05) is 25.0 Å². The van der Waals surface area contributed by atoms with Crippen molar-refractivity contribution in [3.63, 3.8) is 0 Å². The second-order valence-electron chi connectivity index (χ2n) is 8.39. The highest BCUT2D eigenvalue weighted by atomic mass is 79.9. The van der Waals surface area contributed by atoms with Crippen LogP contribution in [0.1, 0.15) is 23.2 Å². The molecule has 6 nitrogen and oxygen atoms in total. The molecule has 1 unspecified atom stereocenters. The van der Waals surface area contributed by atoms with Gasteiger partial charge in [0.1, 0.15) is 5.82 Å². The van der Waals surface area contributed by atoms with Gasteiger partial charge in [0.05, 0.1) is 16.4 Å². The van der Waals surface area contributed by atoms with Gasteiger partial charge in [-0.1, -0.05) is 47.5 Å². The fourth-order valence-electron chi connectivity index (χ4n) is 4.34. The van der Waals surface area contributed by atoms with Gasteiger partial charge in [-0.25, -0.2) is 4.98 Å². The molecule has 0 spiro atoms. The molecular weight excluding hydrogens is 537 g/mol. The van der Waals surface area contributed by atoms with Crippen molar-refractivity contribution in [1.29, 1.82) is 0 Å². The molecule has 1 fully saturated rings. The Hall–Kier alpha value is -2.61. The maximum absolute atomic E-state index is 13.0.